The first-order chi connectivity index (χ1) is 6.24. The Bertz CT molecular complexity index is 204. The zero-order valence-electron chi connectivity index (χ0n) is 8.21. The van der Waals surface area contributed by atoms with Crippen LogP contribution < -0.4 is 0 Å². The van der Waals surface area contributed by atoms with Gasteiger partial charge in [-0.2, -0.15) is 0 Å². The highest BCUT2D eigenvalue weighted by Gasteiger charge is 2.21. The van der Waals surface area contributed by atoms with E-state index >= 15 is 0 Å². The highest BCUT2D eigenvalue weighted by atomic mass is 16.6. The molecule has 13 heavy (non-hydrogen) atoms. The molecular formula is C10H16O3. The number of carbonyl (C=O) groups excluding carboxylic acids is 1. The summed E-state index contributed by atoms with van der Waals surface area (Å²) in [5.74, 6) is -0.209. The molecular weight excluding hydrogens is 168 g/mol. The van der Waals surface area contributed by atoms with Crippen LogP contribution in [0.2, 0.25) is 0 Å². The fraction of sp³-hybridized carbons (Fsp3) is 0.700. The van der Waals surface area contributed by atoms with E-state index in [1.807, 2.05) is 6.92 Å². The Kier molecular flexibility index (Phi) is 3.96. The molecule has 3 nitrogen and oxygen atoms in total. The van der Waals surface area contributed by atoms with Gasteiger partial charge in [-0.3, -0.25) is 0 Å². The molecule has 0 saturated carbocycles. The van der Waals surface area contributed by atoms with E-state index in [9.17, 15) is 4.79 Å². The number of rotatable bonds is 5. The summed E-state index contributed by atoms with van der Waals surface area (Å²) in [6.07, 6.45) is 4.09. The minimum atomic E-state index is -0.209. The SMILES string of the molecule is CC=C(C)C(=O)OCCCC1CO1. The number of ether oxygens (including phenoxy) is 2. The predicted molar refractivity (Wildman–Crippen MR) is 49.4 cm³/mol. The molecule has 1 fully saturated rings. The lowest BCUT2D eigenvalue weighted by molar-refractivity contribution is -0.139. The molecule has 1 heterocycles. The third kappa shape index (κ3) is 4.08. The summed E-state index contributed by atoms with van der Waals surface area (Å²) in [4.78, 5) is 11.1. The van der Waals surface area contributed by atoms with Crippen LogP contribution in [0.15, 0.2) is 11.6 Å². The molecule has 0 aromatic carbocycles. The van der Waals surface area contributed by atoms with Gasteiger partial charge in [0.25, 0.3) is 0 Å². The van der Waals surface area contributed by atoms with Gasteiger partial charge in [0.15, 0.2) is 0 Å². The lowest BCUT2D eigenvalue weighted by Crippen LogP contribution is -2.07. The second-order valence-corrected chi connectivity index (χ2v) is 3.21. The van der Waals surface area contributed by atoms with Gasteiger partial charge in [-0.25, -0.2) is 4.79 Å². The first-order valence-corrected chi connectivity index (χ1v) is 4.65. The van der Waals surface area contributed by atoms with Crippen LogP contribution in [0.3, 0.4) is 0 Å². The van der Waals surface area contributed by atoms with Crippen LogP contribution in [-0.2, 0) is 14.3 Å². The van der Waals surface area contributed by atoms with E-state index in [1.54, 1.807) is 13.0 Å². The molecule has 1 saturated heterocycles. The van der Waals surface area contributed by atoms with Gasteiger partial charge in [-0.1, -0.05) is 6.08 Å². The summed E-state index contributed by atoms with van der Waals surface area (Å²) in [6.45, 7) is 4.96. The lowest BCUT2D eigenvalue weighted by Gasteiger charge is -2.03. The molecule has 0 amide bonds. The van der Waals surface area contributed by atoms with Crippen molar-refractivity contribution >= 4 is 5.97 Å². The molecule has 1 atom stereocenters. The van der Waals surface area contributed by atoms with Gasteiger partial charge in [0.05, 0.1) is 19.3 Å². The molecule has 0 spiro atoms. The van der Waals surface area contributed by atoms with Gasteiger partial charge >= 0.3 is 5.97 Å². The third-order valence-corrected chi connectivity index (χ3v) is 2.06. The predicted octanol–water partition coefficient (Wildman–Crippen LogP) is 1.67. The maximum Gasteiger partial charge on any atom is 0.333 e. The Balaban J connectivity index is 2.00. The van der Waals surface area contributed by atoms with Gasteiger partial charge < -0.3 is 9.47 Å². The van der Waals surface area contributed by atoms with Gasteiger partial charge in [0.1, 0.15) is 0 Å². The summed E-state index contributed by atoms with van der Waals surface area (Å²) in [5.41, 5.74) is 0.669. The van der Waals surface area contributed by atoms with Gasteiger partial charge in [-0.15, -0.1) is 0 Å². The fourth-order valence-corrected chi connectivity index (χ4v) is 0.942. The normalized spacial score (nSPS) is 21.4. The first kappa shape index (κ1) is 10.3. The molecule has 0 aromatic rings. The number of esters is 1. The summed E-state index contributed by atoms with van der Waals surface area (Å²) in [6, 6.07) is 0. The second kappa shape index (κ2) is 5.02. The molecule has 1 unspecified atom stereocenters. The molecule has 1 aliphatic heterocycles. The Morgan fingerprint density at radius 2 is 2.38 bits per heavy atom. The quantitative estimate of drug-likeness (QED) is 0.282. The van der Waals surface area contributed by atoms with Gasteiger partial charge in [0.2, 0.25) is 0 Å². The van der Waals surface area contributed by atoms with Crippen LogP contribution in [0.1, 0.15) is 26.7 Å². The van der Waals surface area contributed by atoms with Crippen LogP contribution >= 0.6 is 0 Å². The fourth-order valence-electron chi connectivity index (χ4n) is 0.942. The van der Waals surface area contributed by atoms with Crippen LogP contribution in [0.25, 0.3) is 0 Å². The van der Waals surface area contributed by atoms with Crippen molar-refractivity contribution in [3.8, 4) is 0 Å². The maximum absolute atomic E-state index is 11.1. The third-order valence-electron chi connectivity index (χ3n) is 2.06. The summed E-state index contributed by atoms with van der Waals surface area (Å²) >= 11 is 0. The summed E-state index contributed by atoms with van der Waals surface area (Å²) < 4.78 is 10.0. The zero-order valence-corrected chi connectivity index (χ0v) is 8.21. The van der Waals surface area contributed by atoms with Crippen LogP contribution in [0.4, 0.5) is 0 Å². The van der Waals surface area contributed by atoms with Crippen molar-refractivity contribution in [1.82, 2.24) is 0 Å². The second-order valence-electron chi connectivity index (χ2n) is 3.21. The molecule has 1 rings (SSSR count). The van der Waals surface area contributed by atoms with E-state index in [1.165, 1.54) is 0 Å². The van der Waals surface area contributed by atoms with E-state index in [0.717, 1.165) is 19.4 Å². The number of carbonyl (C=O) groups is 1. The minimum absolute atomic E-state index is 0.209. The number of epoxide rings is 1. The highest BCUT2D eigenvalue weighted by Crippen LogP contribution is 2.15. The monoisotopic (exact) mass is 184 g/mol. The average Bonchev–Trinajstić information content (AvgIpc) is 2.94. The van der Waals surface area contributed by atoms with E-state index in [-0.39, 0.29) is 5.97 Å². The minimum Gasteiger partial charge on any atom is -0.462 e. The van der Waals surface area contributed by atoms with Crippen LogP contribution in [0.5, 0.6) is 0 Å². The van der Waals surface area contributed by atoms with Crippen LogP contribution in [-0.4, -0.2) is 25.3 Å². The van der Waals surface area contributed by atoms with Crippen molar-refractivity contribution in [3.05, 3.63) is 11.6 Å². The lowest BCUT2D eigenvalue weighted by atomic mass is 10.2. The van der Waals surface area contributed by atoms with Crippen molar-refractivity contribution < 1.29 is 14.3 Å². The molecule has 1 aliphatic rings. The summed E-state index contributed by atoms with van der Waals surface area (Å²) in [5, 5.41) is 0. The van der Waals surface area contributed by atoms with Crippen molar-refractivity contribution in [1.29, 1.82) is 0 Å². The molecule has 3 heteroatoms. The van der Waals surface area contributed by atoms with E-state index in [4.69, 9.17) is 9.47 Å². The summed E-state index contributed by atoms with van der Waals surface area (Å²) in [7, 11) is 0. The highest BCUT2D eigenvalue weighted by molar-refractivity contribution is 5.87. The Morgan fingerprint density at radius 1 is 1.69 bits per heavy atom. The van der Waals surface area contributed by atoms with E-state index < -0.39 is 0 Å². The maximum atomic E-state index is 11.1. The van der Waals surface area contributed by atoms with Crippen LogP contribution in [0, 0.1) is 0 Å². The Labute approximate surface area is 78.7 Å². The van der Waals surface area contributed by atoms with Gasteiger partial charge in [0, 0.05) is 5.57 Å². The number of hydrogen-bond acceptors (Lipinski definition) is 3. The average molecular weight is 184 g/mol. The Morgan fingerprint density at radius 3 is 2.92 bits per heavy atom. The standard InChI is InChI=1S/C10H16O3/c1-3-8(2)10(11)12-6-4-5-9-7-13-9/h3,9H,4-7H2,1-2H3. The van der Waals surface area contributed by atoms with Crippen molar-refractivity contribution in [2.75, 3.05) is 13.2 Å². The van der Waals surface area contributed by atoms with Gasteiger partial charge in [-0.05, 0) is 26.7 Å². The molecule has 0 aliphatic carbocycles. The first-order valence-electron chi connectivity index (χ1n) is 4.65. The Hall–Kier alpha value is -0.830. The topological polar surface area (TPSA) is 38.8 Å². The molecule has 74 valence electrons. The molecule has 0 radical (unpaired) electrons. The molecule has 0 aromatic heterocycles. The smallest absolute Gasteiger partial charge is 0.333 e. The zero-order chi connectivity index (χ0) is 9.68. The van der Waals surface area contributed by atoms with E-state index in [0.29, 0.717) is 18.3 Å². The van der Waals surface area contributed by atoms with Crippen molar-refractivity contribution in [2.24, 2.45) is 0 Å². The molecule has 0 N–H and O–H groups in total. The van der Waals surface area contributed by atoms with Crippen molar-refractivity contribution in [3.63, 3.8) is 0 Å². The molecule has 0 bridgehead atoms. The van der Waals surface area contributed by atoms with Crippen molar-refractivity contribution in [2.45, 2.75) is 32.8 Å². The number of hydrogen-bond donors (Lipinski definition) is 0. The number of allylic oxidation sites excluding steroid dienone is 1. The largest absolute Gasteiger partial charge is 0.462 e. The van der Waals surface area contributed by atoms with E-state index in [2.05, 4.69) is 0 Å².